The zero-order chi connectivity index (χ0) is 26.6. The van der Waals surface area contributed by atoms with Gasteiger partial charge in [-0.1, -0.05) is 19.9 Å². The van der Waals surface area contributed by atoms with E-state index in [1.165, 1.54) is 0 Å². The van der Waals surface area contributed by atoms with Crippen LogP contribution in [0.5, 0.6) is 0 Å². The third kappa shape index (κ3) is 7.62. The standard InChI is InChI=1S/C27H39N3O4S2/c1-16(2)30(26(32)33)20-11-8-18(9-12-20)24-28-15-23(36-24)21-13-10-19(14-22(21)35-17(3)4)29-25(31)34-27(5,6)7/h10,13-18,20H,8-9,11-12H2,1-7H3,(H,29,31)(H,32,33). The minimum absolute atomic E-state index is 0.0137. The lowest BCUT2D eigenvalue weighted by Gasteiger charge is -2.37. The topological polar surface area (TPSA) is 91.8 Å². The average Bonchev–Trinajstić information content (AvgIpc) is 3.22. The number of anilines is 1. The van der Waals surface area contributed by atoms with Crippen LogP contribution in [0.3, 0.4) is 0 Å². The van der Waals surface area contributed by atoms with E-state index in [1.54, 1.807) is 28.0 Å². The summed E-state index contributed by atoms with van der Waals surface area (Å²) in [4.78, 5) is 32.5. The lowest BCUT2D eigenvalue weighted by molar-refractivity contribution is 0.0635. The first kappa shape index (κ1) is 28.3. The number of nitrogens with one attached hydrogen (secondary N) is 1. The van der Waals surface area contributed by atoms with E-state index in [1.807, 2.05) is 59.0 Å². The van der Waals surface area contributed by atoms with Crippen molar-refractivity contribution in [2.45, 2.75) is 108 Å². The van der Waals surface area contributed by atoms with Gasteiger partial charge in [0.05, 0.1) is 9.88 Å². The maximum atomic E-state index is 12.3. The molecular weight excluding hydrogens is 494 g/mol. The monoisotopic (exact) mass is 533 g/mol. The van der Waals surface area contributed by atoms with Gasteiger partial charge in [0.2, 0.25) is 0 Å². The second kappa shape index (κ2) is 11.9. The van der Waals surface area contributed by atoms with Gasteiger partial charge in [-0.05, 0) is 72.4 Å². The Bertz CT molecular complexity index is 1050. The minimum atomic E-state index is -0.829. The third-order valence-corrected chi connectivity index (χ3v) is 8.25. The summed E-state index contributed by atoms with van der Waals surface area (Å²) < 4.78 is 5.40. The fourth-order valence-electron chi connectivity index (χ4n) is 4.58. The molecule has 2 aromatic rings. The van der Waals surface area contributed by atoms with Gasteiger partial charge in [0.15, 0.2) is 0 Å². The molecule has 198 valence electrons. The van der Waals surface area contributed by atoms with E-state index >= 15 is 0 Å². The SMILES string of the molecule is CC(C)Sc1cc(NC(=O)OC(C)(C)C)ccc1-c1cnc(C2CCC(N(C(=O)O)C(C)C)CC2)s1. The number of benzene rings is 1. The van der Waals surface area contributed by atoms with Gasteiger partial charge in [0.25, 0.3) is 0 Å². The molecule has 1 aromatic heterocycles. The van der Waals surface area contributed by atoms with Gasteiger partial charge in [-0.25, -0.2) is 14.6 Å². The summed E-state index contributed by atoms with van der Waals surface area (Å²) in [5.74, 6) is 0.358. The molecule has 0 spiro atoms. The Morgan fingerprint density at radius 2 is 1.83 bits per heavy atom. The van der Waals surface area contributed by atoms with Crippen LogP contribution in [0.25, 0.3) is 10.4 Å². The van der Waals surface area contributed by atoms with E-state index in [0.717, 1.165) is 46.0 Å². The van der Waals surface area contributed by atoms with Crippen LogP contribution in [-0.2, 0) is 4.74 Å². The first-order valence-electron chi connectivity index (χ1n) is 12.6. The second-order valence-electron chi connectivity index (χ2n) is 10.9. The van der Waals surface area contributed by atoms with E-state index in [0.29, 0.717) is 16.9 Å². The molecule has 0 bridgehead atoms. The highest BCUT2D eigenvalue weighted by atomic mass is 32.2. The third-order valence-electron chi connectivity index (χ3n) is 6.00. The number of thioether (sulfide) groups is 1. The highest BCUT2D eigenvalue weighted by molar-refractivity contribution is 8.00. The van der Waals surface area contributed by atoms with Gasteiger partial charge in [-0.15, -0.1) is 23.1 Å². The molecule has 9 heteroatoms. The quantitative estimate of drug-likeness (QED) is 0.350. The highest BCUT2D eigenvalue weighted by Crippen LogP contribution is 2.42. The van der Waals surface area contributed by atoms with Gasteiger partial charge in [0.1, 0.15) is 5.60 Å². The summed E-state index contributed by atoms with van der Waals surface area (Å²) in [6.07, 6.45) is 4.27. The van der Waals surface area contributed by atoms with Gasteiger partial charge < -0.3 is 14.7 Å². The van der Waals surface area contributed by atoms with E-state index in [9.17, 15) is 14.7 Å². The second-order valence-corrected chi connectivity index (χ2v) is 13.5. The summed E-state index contributed by atoms with van der Waals surface area (Å²) in [7, 11) is 0. The van der Waals surface area contributed by atoms with Crippen molar-refractivity contribution in [3.8, 4) is 10.4 Å². The predicted octanol–water partition coefficient (Wildman–Crippen LogP) is 8.07. The minimum Gasteiger partial charge on any atom is -0.465 e. The molecule has 0 aliphatic heterocycles. The number of thiazole rings is 1. The molecule has 1 aliphatic rings. The lowest BCUT2D eigenvalue weighted by atomic mass is 9.85. The van der Waals surface area contributed by atoms with Crippen molar-refractivity contribution in [2.75, 3.05) is 5.32 Å². The number of nitrogens with zero attached hydrogens (tertiary/aromatic N) is 2. The molecule has 1 aromatic carbocycles. The maximum absolute atomic E-state index is 12.3. The Morgan fingerprint density at radius 1 is 1.17 bits per heavy atom. The number of hydrogen-bond acceptors (Lipinski definition) is 6. The molecule has 2 N–H and O–H groups in total. The predicted molar refractivity (Wildman–Crippen MR) is 148 cm³/mol. The molecule has 0 radical (unpaired) electrons. The molecule has 1 fully saturated rings. The van der Waals surface area contributed by atoms with Crippen molar-refractivity contribution in [1.82, 2.24) is 9.88 Å². The number of rotatable bonds is 7. The number of carboxylic acid groups (broad SMARTS) is 1. The van der Waals surface area contributed by atoms with Crippen molar-refractivity contribution in [2.24, 2.45) is 0 Å². The number of carbonyl (C=O) groups excluding carboxylic acids is 1. The van der Waals surface area contributed by atoms with Crippen molar-refractivity contribution in [1.29, 1.82) is 0 Å². The van der Waals surface area contributed by atoms with Crippen LogP contribution in [-0.4, -0.2) is 50.1 Å². The van der Waals surface area contributed by atoms with Gasteiger partial charge >= 0.3 is 12.2 Å². The van der Waals surface area contributed by atoms with Crippen LogP contribution < -0.4 is 5.32 Å². The largest absolute Gasteiger partial charge is 0.465 e. The molecular formula is C27H39N3O4S2. The molecule has 0 saturated heterocycles. The molecule has 3 rings (SSSR count). The number of aromatic nitrogens is 1. The van der Waals surface area contributed by atoms with Crippen LogP contribution in [0, 0.1) is 0 Å². The number of hydrogen-bond donors (Lipinski definition) is 2. The van der Waals surface area contributed by atoms with Crippen molar-refractivity contribution >= 4 is 41.0 Å². The zero-order valence-corrected chi connectivity index (χ0v) is 24.0. The van der Waals surface area contributed by atoms with E-state index in [-0.39, 0.29) is 12.1 Å². The maximum Gasteiger partial charge on any atom is 0.412 e. The Hall–Kier alpha value is -2.26. The van der Waals surface area contributed by atoms with E-state index in [4.69, 9.17) is 9.72 Å². The van der Waals surface area contributed by atoms with E-state index in [2.05, 4.69) is 19.2 Å². The Kier molecular flexibility index (Phi) is 9.33. The smallest absolute Gasteiger partial charge is 0.412 e. The van der Waals surface area contributed by atoms with Crippen LogP contribution in [0.15, 0.2) is 29.3 Å². The zero-order valence-electron chi connectivity index (χ0n) is 22.3. The lowest BCUT2D eigenvalue weighted by Crippen LogP contribution is -2.45. The Labute approximate surface area is 223 Å². The highest BCUT2D eigenvalue weighted by Gasteiger charge is 2.32. The summed E-state index contributed by atoms with van der Waals surface area (Å²) in [6, 6.07) is 6.01. The van der Waals surface area contributed by atoms with Crippen LogP contribution in [0.2, 0.25) is 0 Å². The van der Waals surface area contributed by atoms with Crippen molar-refractivity contribution in [3.05, 3.63) is 29.4 Å². The number of amides is 2. The van der Waals surface area contributed by atoms with Crippen molar-refractivity contribution < 1.29 is 19.4 Å². The normalized spacial score (nSPS) is 18.4. The fraction of sp³-hybridized carbons (Fsp3) is 0.593. The average molecular weight is 534 g/mol. The molecule has 36 heavy (non-hydrogen) atoms. The fourth-order valence-corrected chi connectivity index (χ4v) is 6.78. The Balaban J connectivity index is 1.75. The van der Waals surface area contributed by atoms with E-state index < -0.39 is 17.8 Å². The molecule has 1 heterocycles. The summed E-state index contributed by atoms with van der Waals surface area (Å²) in [6.45, 7) is 13.7. The van der Waals surface area contributed by atoms with Gasteiger partial charge in [-0.3, -0.25) is 5.32 Å². The molecule has 0 atom stereocenters. The number of ether oxygens (including phenoxy) is 1. The number of carbonyl (C=O) groups is 2. The Morgan fingerprint density at radius 3 is 2.39 bits per heavy atom. The van der Waals surface area contributed by atoms with Crippen molar-refractivity contribution in [3.63, 3.8) is 0 Å². The first-order valence-corrected chi connectivity index (χ1v) is 14.3. The molecule has 1 saturated carbocycles. The van der Waals surface area contributed by atoms with Gasteiger partial charge in [-0.2, -0.15) is 0 Å². The summed E-state index contributed by atoms with van der Waals surface area (Å²) in [5, 5.41) is 13.9. The summed E-state index contributed by atoms with van der Waals surface area (Å²) >= 11 is 3.47. The van der Waals surface area contributed by atoms with Crippen LogP contribution in [0.4, 0.5) is 15.3 Å². The molecule has 2 amide bonds. The molecule has 0 unspecified atom stereocenters. The summed E-state index contributed by atoms with van der Waals surface area (Å²) in [5.41, 5.74) is 1.25. The van der Waals surface area contributed by atoms with Crippen LogP contribution >= 0.6 is 23.1 Å². The first-order chi connectivity index (χ1) is 16.8. The van der Waals surface area contributed by atoms with Gasteiger partial charge in [0, 0.05) is 45.6 Å². The molecule has 1 aliphatic carbocycles. The molecule has 7 nitrogen and oxygen atoms in total. The van der Waals surface area contributed by atoms with Crippen LogP contribution in [0.1, 0.15) is 85.1 Å².